The van der Waals surface area contributed by atoms with Crippen molar-refractivity contribution in [2.45, 2.75) is 6.61 Å². The van der Waals surface area contributed by atoms with E-state index in [1.165, 1.54) is 0 Å². The van der Waals surface area contributed by atoms with Gasteiger partial charge in [0.2, 0.25) is 0 Å². The van der Waals surface area contributed by atoms with Crippen LogP contribution < -0.4 is 4.74 Å². The lowest BCUT2D eigenvalue weighted by Crippen LogP contribution is -1.99. The van der Waals surface area contributed by atoms with Crippen molar-refractivity contribution in [1.29, 1.82) is 0 Å². The van der Waals surface area contributed by atoms with Crippen LogP contribution in [-0.4, -0.2) is 6.29 Å². The molecule has 0 fully saturated rings. The molecule has 0 saturated carbocycles. The van der Waals surface area contributed by atoms with Gasteiger partial charge in [0.25, 0.3) is 0 Å². The van der Waals surface area contributed by atoms with Crippen LogP contribution in [0.5, 0.6) is 5.75 Å². The molecule has 2 aromatic rings. The summed E-state index contributed by atoms with van der Waals surface area (Å²) >= 11 is 11.9. The van der Waals surface area contributed by atoms with E-state index < -0.39 is 0 Å². The third-order valence-corrected chi connectivity index (χ3v) is 3.22. The number of hydrogen-bond acceptors (Lipinski definition) is 2. The monoisotopic (exact) mass is 280 g/mol. The summed E-state index contributed by atoms with van der Waals surface area (Å²) < 4.78 is 5.58. The van der Waals surface area contributed by atoms with E-state index in [0.717, 1.165) is 5.56 Å². The molecule has 2 aromatic carbocycles. The molecule has 92 valence electrons. The maximum Gasteiger partial charge on any atom is 0.153 e. The molecular formula is C14H10Cl2O2. The highest BCUT2D eigenvalue weighted by Gasteiger charge is 2.11. The van der Waals surface area contributed by atoms with Crippen LogP contribution >= 0.6 is 23.2 Å². The van der Waals surface area contributed by atoms with Gasteiger partial charge < -0.3 is 4.74 Å². The second-order valence-corrected chi connectivity index (χ2v) is 4.46. The molecule has 0 aliphatic heterocycles. The van der Waals surface area contributed by atoms with Crippen LogP contribution in [0.15, 0.2) is 42.5 Å². The van der Waals surface area contributed by atoms with Crippen LogP contribution in [0.3, 0.4) is 0 Å². The molecule has 2 nitrogen and oxygen atoms in total. The van der Waals surface area contributed by atoms with Gasteiger partial charge in [-0.15, -0.1) is 0 Å². The second kappa shape index (κ2) is 5.89. The Morgan fingerprint density at radius 3 is 2.44 bits per heavy atom. The first kappa shape index (κ1) is 12.9. The summed E-state index contributed by atoms with van der Waals surface area (Å²) in [6.07, 6.45) is 0.697. The first-order valence-corrected chi connectivity index (χ1v) is 6.08. The standard InChI is InChI=1S/C14H10Cl2O2/c15-12-7-6-11(8-17)14(13(12)16)18-9-10-4-2-1-3-5-10/h1-8H,9H2. The van der Waals surface area contributed by atoms with Crippen molar-refractivity contribution in [3.63, 3.8) is 0 Å². The highest BCUT2D eigenvalue weighted by atomic mass is 35.5. The van der Waals surface area contributed by atoms with Gasteiger partial charge in [0.1, 0.15) is 17.4 Å². The van der Waals surface area contributed by atoms with E-state index in [1.54, 1.807) is 12.1 Å². The number of rotatable bonds is 4. The molecule has 0 N–H and O–H groups in total. The largest absolute Gasteiger partial charge is 0.487 e. The van der Waals surface area contributed by atoms with Crippen molar-refractivity contribution in [3.05, 3.63) is 63.6 Å². The molecule has 0 atom stereocenters. The number of hydrogen-bond donors (Lipinski definition) is 0. The van der Waals surface area contributed by atoms with E-state index in [0.29, 0.717) is 29.2 Å². The van der Waals surface area contributed by atoms with Crippen molar-refractivity contribution in [3.8, 4) is 5.75 Å². The lowest BCUT2D eigenvalue weighted by molar-refractivity contribution is 0.111. The molecule has 2 rings (SSSR count). The van der Waals surface area contributed by atoms with Gasteiger partial charge >= 0.3 is 0 Å². The minimum absolute atomic E-state index is 0.261. The highest BCUT2D eigenvalue weighted by molar-refractivity contribution is 6.43. The van der Waals surface area contributed by atoms with E-state index in [4.69, 9.17) is 27.9 Å². The zero-order valence-corrected chi connectivity index (χ0v) is 10.9. The quantitative estimate of drug-likeness (QED) is 0.777. The Morgan fingerprint density at radius 1 is 1.06 bits per heavy atom. The summed E-state index contributed by atoms with van der Waals surface area (Å²) in [5, 5.41) is 0.627. The van der Waals surface area contributed by atoms with Gasteiger partial charge in [0, 0.05) is 0 Å². The second-order valence-electron chi connectivity index (χ2n) is 3.67. The fourth-order valence-electron chi connectivity index (χ4n) is 1.52. The molecule has 4 heteroatoms. The van der Waals surface area contributed by atoms with Crippen molar-refractivity contribution in [1.82, 2.24) is 0 Å². The molecule has 0 amide bonds. The number of carbonyl (C=O) groups excluding carboxylic acids is 1. The van der Waals surface area contributed by atoms with Crippen LogP contribution in [0, 0.1) is 0 Å². The van der Waals surface area contributed by atoms with Crippen LogP contribution in [0.2, 0.25) is 10.0 Å². The van der Waals surface area contributed by atoms with E-state index in [-0.39, 0.29) is 5.02 Å². The molecule has 0 aliphatic rings. The third-order valence-electron chi connectivity index (χ3n) is 2.43. The lowest BCUT2D eigenvalue weighted by atomic mass is 10.2. The summed E-state index contributed by atoms with van der Waals surface area (Å²) in [5.74, 6) is 0.322. The van der Waals surface area contributed by atoms with Gasteiger partial charge in [-0.25, -0.2) is 0 Å². The van der Waals surface area contributed by atoms with Crippen LogP contribution in [-0.2, 0) is 6.61 Å². The first-order valence-electron chi connectivity index (χ1n) is 5.32. The van der Waals surface area contributed by atoms with Crippen molar-refractivity contribution >= 4 is 29.5 Å². The summed E-state index contributed by atoms with van der Waals surface area (Å²) in [5.41, 5.74) is 1.38. The van der Waals surface area contributed by atoms with Gasteiger partial charge in [-0.05, 0) is 17.7 Å². The molecule has 0 saturated heterocycles. The van der Waals surface area contributed by atoms with Gasteiger partial charge in [-0.2, -0.15) is 0 Å². The Labute approximate surface area is 115 Å². The molecule has 18 heavy (non-hydrogen) atoms. The third kappa shape index (κ3) is 2.84. The predicted molar refractivity (Wildman–Crippen MR) is 72.6 cm³/mol. The normalized spacial score (nSPS) is 10.1. The van der Waals surface area contributed by atoms with Crippen molar-refractivity contribution in [2.24, 2.45) is 0 Å². The van der Waals surface area contributed by atoms with Gasteiger partial charge in [0.15, 0.2) is 6.29 Å². The Hall–Kier alpha value is -1.51. The SMILES string of the molecule is O=Cc1ccc(Cl)c(Cl)c1OCc1ccccc1. The minimum atomic E-state index is 0.261. The average molecular weight is 281 g/mol. The van der Waals surface area contributed by atoms with Crippen molar-refractivity contribution < 1.29 is 9.53 Å². The Bertz CT molecular complexity index is 553. The number of benzene rings is 2. The summed E-state index contributed by atoms with van der Waals surface area (Å²) in [6.45, 7) is 0.335. The molecule has 0 heterocycles. The lowest BCUT2D eigenvalue weighted by Gasteiger charge is -2.11. The van der Waals surface area contributed by atoms with E-state index in [2.05, 4.69) is 0 Å². The minimum Gasteiger partial charge on any atom is -0.487 e. The molecule has 0 unspecified atom stereocenters. The van der Waals surface area contributed by atoms with Gasteiger partial charge in [-0.3, -0.25) is 4.79 Å². The average Bonchev–Trinajstić information content (AvgIpc) is 2.41. The zero-order chi connectivity index (χ0) is 13.0. The summed E-state index contributed by atoms with van der Waals surface area (Å²) in [4.78, 5) is 10.9. The summed E-state index contributed by atoms with van der Waals surface area (Å²) in [6, 6.07) is 12.8. The van der Waals surface area contributed by atoms with E-state index in [1.807, 2.05) is 30.3 Å². The van der Waals surface area contributed by atoms with E-state index in [9.17, 15) is 4.79 Å². The molecule has 0 spiro atoms. The Morgan fingerprint density at radius 2 is 1.78 bits per heavy atom. The molecule has 0 aromatic heterocycles. The molecule has 0 aliphatic carbocycles. The Kier molecular flexibility index (Phi) is 4.24. The van der Waals surface area contributed by atoms with Crippen LogP contribution in [0.25, 0.3) is 0 Å². The fraction of sp³-hybridized carbons (Fsp3) is 0.0714. The maximum absolute atomic E-state index is 10.9. The zero-order valence-electron chi connectivity index (χ0n) is 9.40. The smallest absolute Gasteiger partial charge is 0.153 e. The molecule has 0 radical (unpaired) electrons. The van der Waals surface area contributed by atoms with Gasteiger partial charge in [0.05, 0.1) is 10.6 Å². The van der Waals surface area contributed by atoms with Gasteiger partial charge in [-0.1, -0.05) is 53.5 Å². The van der Waals surface area contributed by atoms with E-state index >= 15 is 0 Å². The molecular weight excluding hydrogens is 271 g/mol. The van der Waals surface area contributed by atoms with Crippen LogP contribution in [0.1, 0.15) is 15.9 Å². The first-order chi connectivity index (χ1) is 8.72. The maximum atomic E-state index is 10.9. The molecule has 0 bridgehead atoms. The number of ether oxygens (including phenoxy) is 1. The predicted octanol–water partition coefficient (Wildman–Crippen LogP) is 4.38. The number of aldehydes is 1. The van der Waals surface area contributed by atoms with Crippen LogP contribution in [0.4, 0.5) is 0 Å². The highest BCUT2D eigenvalue weighted by Crippen LogP contribution is 2.34. The topological polar surface area (TPSA) is 26.3 Å². The summed E-state index contributed by atoms with van der Waals surface area (Å²) in [7, 11) is 0. The van der Waals surface area contributed by atoms with Crippen molar-refractivity contribution in [2.75, 3.05) is 0 Å². The number of carbonyl (C=O) groups is 1. The number of halogens is 2. The Balaban J connectivity index is 2.23. The fourth-order valence-corrected chi connectivity index (χ4v) is 1.89.